The van der Waals surface area contributed by atoms with Crippen molar-refractivity contribution in [3.8, 4) is 17.1 Å². The van der Waals surface area contributed by atoms with Crippen molar-refractivity contribution in [3.05, 3.63) is 30.2 Å². The zero-order valence-corrected chi connectivity index (χ0v) is 13.9. The molecule has 5 heteroatoms. The van der Waals surface area contributed by atoms with Crippen molar-refractivity contribution >= 4 is 0 Å². The van der Waals surface area contributed by atoms with Crippen LogP contribution in [0.5, 0.6) is 5.75 Å². The number of fused-ring (bicyclic) bond motifs is 3. The van der Waals surface area contributed by atoms with Crippen molar-refractivity contribution in [3.63, 3.8) is 0 Å². The monoisotopic (exact) mass is 314 g/mol. The van der Waals surface area contributed by atoms with E-state index in [9.17, 15) is 0 Å². The maximum absolute atomic E-state index is 5.53. The molecule has 4 heterocycles. The molecular weight excluding hydrogens is 290 g/mol. The Morgan fingerprint density at radius 2 is 2.13 bits per heavy atom. The zero-order valence-electron chi connectivity index (χ0n) is 13.9. The van der Waals surface area contributed by atoms with Crippen LogP contribution in [0.25, 0.3) is 11.4 Å². The number of nitrogens with zero attached hydrogens (tertiary/aromatic N) is 3. The molecular formula is C18H24N3O2+. The summed E-state index contributed by atoms with van der Waals surface area (Å²) >= 11 is 0. The number of methoxy groups -OCH3 is 1. The lowest BCUT2D eigenvalue weighted by molar-refractivity contribution is -0.929. The van der Waals surface area contributed by atoms with E-state index in [1.165, 1.54) is 37.0 Å². The van der Waals surface area contributed by atoms with Crippen LogP contribution in [0.3, 0.4) is 0 Å². The fraction of sp³-hybridized carbons (Fsp3) is 0.556. The van der Waals surface area contributed by atoms with Crippen LogP contribution in [0, 0.1) is 11.8 Å². The van der Waals surface area contributed by atoms with E-state index in [2.05, 4.69) is 17.2 Å². The summed E-state index contributed by atoms with van der Waals surface area (Å²) < 4.78 is 12.0. The van der Waals surface area contributed by atoms with E-state index in [1.807, 2.05) is 24.3 Å². The minimum Gasteiger partial charge on any atom is -0.497 e. The second kappa shape index (κ2) is 5.64. The van der Waals surface area contributed by atoms with Crippen molar-refractivity contribution < 1.29 is 13.7 Å². The van der Waals surface area contributed by atoms with E-state index >= 15 is 0 Å². The van der Waals surface area contributed by atoms with Crippen LogP contribution in [0.4, 0.5) is 0 Å². The fourth-order valence-corrected chi connectivity index (χ4v) is 4.25. The number of hydrogen-bond donors (Lipinski definition) is 0. The lowest BCUT2D eigenvalue weighted by atomic mass is 9.76. The third kappa shape index (κ3) is 2.85. The Hall–Kier alpha value is -1.88. The summed E-state index contributed by atoms with van der Waals surface area (Å²) in [5.41, 5.74) is 0.937. The summed E-state index contributed by atoms with van der Waals surface area (Å²) in [5.74, 6) is 3.75. The molecule has 0 aliphatic carbocycles. The van der Waals surface area contributed by atoms with E-state index in [0.29, 0.717) is 11.7 Å². The normalized spacial score (nSPS) is 29.7. The molecule has 0 radical (unpaired) electrons. The van der Waals surface area contributed by atoms with Crippen molar-refractivity contribution in [2.45, 2.75) is 19.3 Å². The van der Waals surface area contributed by atoms with Gasteiger partial charge in [0.1, 0.15) is 5.75 Å². The molecule has 3 fully saturated rings. The summed E-state index contributed by atoms with van der Waals surface area (Å²) in [7, 11) is 4.05. The van der Waals surface area contributed by atoms with Crippen molar-refractivity contribution in [2.75, 3.05) is 33.8 Å². The molecule has 1 aromatic heterocycles. The van der Waals surface area contributed by atoms with Gasteiger partial charge in [0, 0.05) is 30.7 Å². The molecule has 2 bridgehead atoms. The molecule has 0 amide bonds. The molecule has 3 aliphatic heterocycles. The molecule has 2 aromatic rings. The summed E-state index contributed by atoms with van der Waals surface area (Å²) in [5, 5.41) is 4.16. The highest BCUT2D eigenvalue weighted by Gasteiger charge is 2.43. The van der Waals surface area contributed by atoms with Gasteiger partial charge in [0.05, 0.1) is 33.8 Å². The molecule has 122 valence electrons. The predicted molar refractivity (Wildman–Crippen MR) is 87.0 cm³/mol. The topological polar surface area (TPSA) is 48.2 Å². The first-order valence-electron chi connectivity index (χ1n) is 8.46. The average Bonchev–Trinajstić information content (AvgIpc) is 3.03. The fourth-order valence-electron chi connectivity index (χ4n) is 4.25. The molecule has 1 aromatic carbocycles. The van der Waals surface area contributed by atoms with Crippen LogP contribution in [-0.2, 0) is 6.42 Å². The highest BCUT2D eigenvalue weighted by Crippen LogP contribution is 2.38. The largest absolute Gasteiger partial charge is 0.497 e. The van der Waals surface area contributed by atoms with Gasteiger partial charge in [0.2, 0.25) is 11.7 Å². The van der Waals surface area contributed by atoms with E-state index in [0.717, 1.165) is 29.5 Å². The summed E-state index contributed by atoms with van der Waals surface area (Å²) in [6.07, 6.45) is 3.60. The van der Waals surface area contributed by atoms with E-state index < -0.39 is 0 Å². The Balaban J connectivity index is 1.50. The highest BCUT2D eigenvalue weighted by molar-refractivity contribution is 5.56. The highest BCUT2D eigenvalue weighted by atomic mass is 16.5. The second-order valence-electron chi connectivity index (χ2n) is 7.29. The number of ether oxygens (including phenoxy) is 1. The third-order valence-electron chi connectivity index (χ3n) is 5.65. The summed E-state index contributed by atoms with van der Waals surface area (Å²) in [6, 6.07) is 7.79. The number of hydrogen-bond acceptors (Lipinski definition) is 4. The van der Waals surface area contributed by atoms with Crippen LogP contribution in [-0.4, -0.2) is 48.4 Å². The van der Waals surface area contributed by atoms with Gasteiger partial charge in [0.25, 0.3) is 0 Å². The Kier molecular flexibility index (Phi) is 3.60. The summed E-state index contributed by atoms with van der Waals surface area (Å²) in [6.45, 7) is 3.92. The van der Waals surface area contributed by atoms with Crippen LogP contribution in [0.1, 0.15) is 18.7 Å². The lowest BCUT2D eigenvalue weighted by Crippen LogP contribution is -2.59. The maximum atomic E-state index is 5.53. The minimum absolute atomic E-state index is 0.653. The van der Waals surface area contributed by atoms with E-state index in [1.54, 1.807) is 7.11 Å². The van der Waals surface area contributed by atoms with E-state index in [-0.39, 0.29) is 0 Å². The third-order valence-corrected chi connectivity index (χ3v) is 5.65. The van der Waals surface area contributed by atoms with Gasteiger partial charge < -0.3 is 13.7 Å². The van der Waals surface area contributed by atoms with Gasteiger partial charge in [-0.2, -0.15) is 4.98 Å². The van der Waals surface area contributed by atoms with Gasteiger partial charge in [-0.25, -0.2) is 0 Å². The van der Waals surface area contributed by atoms with Crippen LogP contribution in [0.2, 0.25) is 0 Å². The quantitative estimate of drug-likeness (QED) is 0.814. The van der Waals surface area contributed by atoms with Crippen molar-refractivity contribution in [2.24, 2.45) is 11.8 Å². The molecule has 0 N–H and O–H groups in total. The Labute approximate surface area is 136 Å². The number of aromatic nitrogens is 2. The van der Waals surface area contributed by atoms with Gasteiger partial charge in [-0.1, -0.05) is 17.3 Å². The molecule has 3 aliphatic rings. The number of rotatable bonds is 4. The van der Waals surface area contributed by atoms with Crippen LogP contribution in [0.15, 0.2) is 28.8 Å². The number of benzene rings is 1. The van der Waals surface area contributed by atoms with Gasteiger partial charge in [0.15, 0.2) is 0 Å². The molecule has 0 saturated carbocycles. The first-order chi connectivity index (χ1) is 11.1. The zero-order chi connectivity index (χ0) is 15.9. The molecule has 23 heavy (non-hydrogen) atoms. The maximum Gasteiger partial charge on any atom is 0.227 e. The number of piperidine rings is 3. The van der Waals surface area contributed by atoms with Crippen LogP contribution < -0.4 is 4.74 Å². The predicted octanol–water partition coefficient (Wildman–Crippen LogP) is 2.77. The lowest BCUT2D eigenvalue weighted by Gasteiger charge is -2.50. The Morgan fingerprint density at radius 3 is 2.87 bits per heavy atom. The van der Waals surface area contributed by atoms with Gasteiger partial charge >= 0.3 is 0 Å². The molecule has 5 rings (SSSR count). The minimum atomic E-state index is 0.653. The van der Waals surface area contributed by atoms with Crippen molar-refractivity contribution in [1.29, 1.82) is 0 Å². The standard InChI is InChI=1S/C18H24N3O2/c1-21-8-6-13(7-9-21)15(12-21)11-17-19-18(20-23-17)14-4-3-5-16(10-14)22-2/h3-5,10,13,15H,6-9,11-12H2,1-2H3/q+1. The SMILES string of the molecule is COc1cccc(-c2noc(CC3C[N+]4(C)CCC3CC4)n2)c1. The van der Waals surface area contributed by atoms with Gasteiger partial charge in [-0.15, -0.1) is 0 Å². The molecule has 5 nitrogen and oxygen atoms in total. The molecule has 1 unspecified atom stereocenters. The molecule has 0 spiro atoms. The Morgan fingerprint density at radius 1 is 1.30 bits per heavy atom. The summed E-state index contributed by atoms with van der Waals surface area (Å²) in [4.78, 5) is 4.62. The van der Waals surface area contributed by atoms with E-state index in [4.69, 9.17) is 9.26 Å². The first kappa shape index (κ1) is 14.7. The molecule has 3 saturated heterocycles. The van der Waals surface area contributed by atoms with Crippen LogP contribution >= 0.6 is 0 Å². The van der Waals surface area contributed by atoms with Gasteiger partial charge in [-0.05, 0) is 18.1 Å². The Bertz CT molecular complexity index is 689. The first-order valence-corrected chi connectivity index (χ1v) is 8.46. The smallest absolute Gasteiger partial charge is 0.227 e. The second-order valence-corrected chi connectivity index (χ2v) is 7.29. The average molecular weight is 314 g/mol. The van der Waals surface area contributed by atoms with Crippen molar-refractivity contribution in [1.82, 2.24) is 10.1 Å². The van der Waals surface area contributed by atoms with Gasteiger partial charge in [-0.3, -0.25) is 0 Å². The number of quaternary nitrogens is 1. The molecule has 1 atom stereocenters.